The van der Waals surface area contributed by atoms with Gasteiger partial charge in [0, 0.05) is 55.6 Å². The first kappa shape index (κ1) is 46.0. The van der Waals surface area contributed by atoms with Crippen LogP contribution in [0.3, 0.4) is 0 Å². The fourth-order valence-corrected chi connectivity index (χ4v) is 8.15. The van der Waals surface area contributed by atoms with E-state index in [1.807, 2.05) is 50.5 Å². The van der Waals surface area contributed by atoms with Crippen LogP contribution in [0, 0.1) is 0 Å². The molecule has 5 aromatic rings. The van der Waals surface area contributed by atoms with Gasteiger partial charge in [0.25, 0.3) is 5.91 Å². The van der Waals surface area contributed by atoms with Crippen molar-refractivity contribution >= 4 is 56.9 Å². The number of piperidine rings is 1. The number of carbonyl (C=O) groups excluding carboxylic acids is 3. The number of fused-ring (bicyclic) bond motifs is 2. The largest absolute Gasteiger partial charge is 0.491 e. The van der Waals surface area contributed by atoms with Crippen molar-refractivity contribution in [1.29, 1.82) is 0 Å². The maximum Gasteiger partial charge on any atom is 0.413 e. The molecule has 2 aromatic heterocycles. The predicted molar refractivity (Wildman–Crippen MR) is 240 cm³/mol. The van der Waals surface area contributed by atoms with Gasteiger partial charge in [0.05, 0.1) is 82.8 Å². The van der Waals surface area contributed by atoms with Gasteiger partial charge >= 0.3 is 6.09 Å². The van der Waals surface area contributed by atoms with E-state index in [4.69, 9.17) is 33.4 Å². The first-order chi connectivity index (χ1) is 31.1. The number of carboxylic acid groups (broad SMARTS) is 1. The summed E-state index contributed by atoms with van der Waals surface area (Å²) in [6.45, 7) is 4.26. The monoisotopic (exact) mass is 896 g/mol. The van der Waals surface area contributed by atoms with Gasteiger partial charge in [-0.15, -0.1) is 11.3 Å². The molecule has 4 amide bonds. The molecule has 18 heteroatoms. The van der Waals surface area contributed by atoms with Crippen LogP contribution in [0.5, 0.6) is 5.75 Å². The number of nitrogens with one attached hydrogen (secondary N) is 1. The van der Waals surface area contributed by atoms with E-state index in [-0.39, 0.29) is 37.9 Å². The Morgan fingerprint density at radius 3 is 2.05 bits per heavy atom. The minimum atomic E-state index is -1.12. The van der Waals surface area contributed by atoms with E-state index in [0.717, 1.165) is 48.1 Å². The van der Waals surface area contributed by atoms with Crippen LogP contribution >= 0.6 is 11.3 Å². The molecule has 1 fully saturated rings. The quantitative estimate of drug-likeness (QED) is 0.0583. The van der Waals surface area contributed by atoms with Gasteiger partial charge in [0.2, 0.25) is 11.8 Å². The third-order valence-electron chi connectivity index (χ3n) is 10.5. The number of benzene rings is 3. The zero-order valence-corrected chi connectivity index (χ0v) is 36.7. The predicted octanol–water partition coefficient (Wildman–Crippen LogP) is 5.50. The molecule has 2 aliphatic heterocycles. The number of rotatable bonds is 24. The summed E-state index contributed by atoms with van der Waals surface area (Å²) in [5.41, 5.74) is 6.27. The van der Waals surface area contributed by atoms with Crippen LogP contribution in [0.4, 0.5) is 16.3 Å². The summed E-state index contributed by atoms with van der Waals surface area (Å²) >= 11 is 1.66. The molecule has 1 saturated heterocycles. The number of pyridine rings is 1. The molecule has 0 bridgehead atoms. The standard InChI is InChI=1S/C46H52N6O11S/c1-50(2)35-8-11-38-40(28-35)64-44(48-38)32-5-3-31(4-6-32)33-7-13-41(47-29-33)51(46(56)57)15-16-58-17-18-59-19-20-60-21-22-61-23-24-62-25-26-63-36-9-10-37-34(27-36)30-52(45(37)55)39-12-14-42(53)49-43(39)54/h3-11,13,27-29,39H,12,14-26,30H2,1-2H3,(H,56,57)(H,49,53,54). The number of carbonyl (C=O) groups is 4. The molecule has 0 spiro atoms. The van der Waals surface area contributed by atoms with E-state index < -0.39 is 18.0 Å². The fraction of sp³-hybridized carbons (Fsp3) is 0.391. The van der Waals surface area contributed by atoms with Gasteiger partial charge in [-0.25, -0.2) is 14.8 Å². The average molecular weight is 897 g/mol. The highest BCUT2D eigenvalue weighted by Crippen LogP contribution is 2.34. The van der Waals surface area contributed by atoms with Crippen molar-refractivity contribution in [2.75, 3.05) is 103 Å². The van der Waals surface area contributed by atoms with Crippen molar-refractivity contribution in [3.63, 3.8) is 0 Å². The van der Waals surface area contributed by atoms with Crippen molar-refractivity contribution in [3.8, 4) is 27.4 Å². The van der Waals surface area contributed by atoms with Crippen LogP contribution in [0.1, 0.15) is 28.8 Å². The molecule has 0 aliphatic carbocycles. The lowest BCUT2D eigenvalue weighted by atomic mass is 10.0. The van der Waals surface area contributed by atoms with E-state index in [1.54, 1.807) is 41.8 Å². The zero-order chi connectivity index (χ0) is 44.8. The Morgan fingerprint density at radius 1 is 0.781 bits per heavy atom. The van der Waals surface area contributed by atoms with Crippen LogP contribution in [0.2, 0.25) is 0 Å². The summed E-state index contributed by atoms with van der Waals surface area (Å²) in [7, 11) is 4.04. The first-order valence-electron chi connectivity index (χ1n) is 21.1. The molecule has 2 aliphatic rings. The number of anilines is 2. The van der Waals surface area contributed by atoms with Crippen LogP contribution in [0.15, 0.2) is 79.0 Å². The van der Waals surface area contributed by atoms with Crippen LogP contribution in [-0.4, -0.2) is 143 Å². The summed E-state index contributed by atoms with van der Waals surface area (Å²) < 4.78 is 34.8. The van der Waals surface area contributed by atoms with Gasteiger partial charge in [-0.3, -0.25) is 24.6 Å². The maximum absolute atomic E-state index is 12.9. The van der Waals surface area contributed by atoms with Crippen molar-refractivity contribution in [3.05, 3.63) is 90.1 Å². The van der Waals surface area contributed by atoms with Crippen LogP contribution in [0.25, 0.3) is 31.9 Å². The molecule has 4 heterocycles. The highest BCUT2D eigenvalue weighted by Gasteiger charge is 2.39. The minimum Gasteiger partial charge on any atom is -0.491 e. The first-order valence-corrected chi connectivity index (χ1v) is 21.9. The lowest BCUT2D eigenvalue weighted by Gasteiger charge is -2.29. The normalized spacial score (nSPS) is 14.8. The number of aromatic nitrogens is 2. The molecular formula is C46H52N6O11S. The second-order valence-electron chi connectivity index (χ2n) is 15.1. The van der Waals surface area contributed by atoms with E-state index >= 15 is 0 Å². The topological polar surface area (TPSA) is 191 Å². The Balaban J connectivity index is 0.685. The Hall–Kier alpha value is -6.02. The van der Waals surface area contributed by atoms with E-state index in [2.05, 4.69) is 27.3 Å². The third kappa shape index (κ3) is 12.2. The molecule has 3 aromatic carbocycles. The SMILES string of the molecule is CN(C)c1ccc2nc(-c3ccc(-c4ccc(N(CCOCCOCCOCCOCCOCCOc5ccc6c(c5)CN(C5CCC(=O)NC5=O)C6=O)C(=O)O)nc4)cc3)sc2c1. The Bertz CT molecular complexity index is 2380. The summed E-state index contributed by atoms with van der Waals surface area (Å²) in [4.78, 5) is 62.6. The molecule has 2 N–H and O–H groups in total. The molecule has 7 rings (SSSR count). The summed E-state index contributed by atoms with van der Waals surface area (Å²) in [5, 5.41) is 13.1. The van der Waals surface area contributed by atoms with E-state index in [9.17, 15) is 24.3 Å². The molecule has 17 nitrogen and oxygen atoms in total. The van der Waals surface area contributed by atoms with Crippen molar-refractivity contribution < 1.29 is 52.7 Å². The molecule has 0 radical (unpaired) electrons. The second kappa shape index (κ2) is 22.6. The Labute approximate surface area is 374 Å². The molecule has 1 atom stereocenters. The van der Waals surface area contributed by atoms with Gasteiger partial charge in [-0.05, 0) is 66.1 Å². The number of hydrogen-bond donors (Lipinski definition) is 2. The van der Waals surface area contributed by atoms with Crippen LogP contribution < -0.4 is 19.9 Å². The molecular weight excluding hydrogens is 845 g/mol. The third-order valence-corrected chi connectivity index (χ3v) is 11.6. The van der Waals surface area contributed by atoms with Gasteiger partial charge in [-0.2, -0.15) is 0 Å². The highest BCUT2D eigenvalue weighted by molar-refractivity contribution is 7.21. The van der Waals surface area contributed by atoms with Crippen molar-refractivity contribution in [2.24, 2.45) is 0 Å². The molecule has 64 heavy (non-hydrogen) atoms. The number of imide groups is 1. The number of nitrogens with zero attached hydrogens (tertiary/aromatic N) is 5. The van der Waals surface area contributed by atoms with Gasteiger partial charge in [0.15, 0.2) is 0 Å². The number of amides is 4. The van der Waals surface area contributed by atoms with Crippen molar-refractivity contribution in [2.45, 2.75) is 25.4 Å². The van der Waals surface area contributed by atoms with Crippen LogP contribution in [-0.2, 0) is 39.8 Å². The number of thiazole rings is 1. The van der Waals surface area contributed by atoms with Crippen molar-refractivity contribution in [1.82, 2.24) is 20.2 Å². The summed E-state index contributed by atoms with van der Waals surface area (Å²) in [6.07, 6.45) is 1.08. The average Bonchev–Trinajstić information content (AvgIpc) is 3.87. The smallest absolute Gasteiger partial charge is 0.413 e. The number of hydrogen-bond acceptors (Lipinski definition) is 14. The van der Waals surface area contributed by atoms with Gasteiger partial charge < -0.3 is 43.3 Å². The highest BCUT2D eigenvalue weighted by atomic mass is 32.1. The van der Waals surface area contributed by atoms with Gasteiger partial charge in [-0.1, -0.05) is 24.3 Å². The van der Waals surface area contributed by atoms with E-state index in [1.165, 1.54) is 4.90 Å². The number of ether oxygens (including phenoxy) is 6. The lowest BCUT2D eigenvalue weighted by molar-refractivity contribution is -0.136. The minimum absolute atomic E-state index is 0.117. The molecule has 0 saturated carbocycles. The lowest BCUT2D eigenvalue weighted by Crippen LogP contribution is -2.52. The maximum atomic E-state index is 12.9. The second-order valence-corrected chi connectivity index (χ2v) is 16.1. The Morgan fingerprint density at radius 2 is 1.42 bits per heavy atom. The van der Waals surface area contributed by atoms with E-state index in [0.29, 0.717) is 89.6 Å². The summed E-state index contributed by atoms with van der Waals surface area (Å²) in [5.74, 6) is -0.0654. The Kier molecular flexibility index (Phi) is 16.2. The fourth-order valence-electron chi connectivity index (χ4n) is 7.14. The summed E-state index contributed by atoms with van der Waals surface area (Å²) in [6, 6.07) is 22.5. The molecule has 1 unspecified atom stereocenters. The van der Waals surface area contributed by atoms with Gasteiger partial charge in [0.1, 0.15) is 29.2 Å². The molecule has 338 valence electrons. The zero-order valence-electron chi connectivity index (χ0n) is 35.9.